The van der Waals surface area contributed by atoms with Crippen LogP contribution in [0.1, 0.15) is 46.0 Å². The summed E-state index contributed by atoms with van der Waals surface area (Å²) in [5, 5.41) is 12.1. The van der Waals surface area contributed by atoms with Gasteiger partial charge in [0.25, 0.3) is 0 Å². The molecule has 1 N–H and O–H groups in total. The molecule has 0 aromatic carbocycles. The molecule has 4 nitrogen and oxygen atoms in total. The van der Waals surface area contributed by atoms with Crippen molar-refractivity contribution in [2.75, 3.05) is 26.2 Å². The number of nitrogens with one attached hydrogen (secondary N) is 1. The van der Waals surface area contributed by atoms with Crippen molar-refractivity contribution in [1.82, 2.24) is 10.2 Å². The van der Waals surface area contributed by atoms with E-state index >= 15 is 0 Å². The van der Waals surface area contributed by atoms with Crippen molar-refractivity contribution in [3.8, 4) is 6.07 Å². The quantitative estimate of drug-likeness (QED) is 0.703. The van der Waals surface area contributed by atoms with Crippen molar-refractivity contribution in [2.24, 2.45) is 5.41 Å². The second kappa shape index (κ2) is 7.38. The highest BCUT2D eigenvalue weighted by Crippen LogP contribution is 2.37. The van der Waals surface area contributed by atoms with Crippen LogP contribution in [0.25, 0.3) is 0 Å². The maximum atomic E-state index is 12.0. The molecule has 1 aliphatic rings. The molecule has 0 bridgehead atoms. The Morgan fingerprint density at radius 3 is 2.44 bits per heavy atom. The summed E-state index contributed by atoms with van der Waals surface area (Å²) in [6, 6.07) is 2.23. The Morgan fingerprint density at radius 1 is 1.33 bits per heavy atom. The third-order valence-electron chi connectivity index (χ3n) is 3.94. The Bertz CT molecular complexity index is 299. The second-order valence-corrected chi connectivity index (χ2v) is 5.04. The van der Waals surface area contributed by atoms with Gasteiger partial charge in [0.2, 0.25) is 5.91 Å². The van der Waals surface area contributed by atoms with E-state index in [4.69, 9.17) is 0 Å². The Balaban J connectivity index is 2.27. The number of rotatable bonds is 7. The molecule has 0 spiro atoms. The zero-order chi connectivity index (χ0) is 13.4. The summed E-state index contributed by atoms with van der Waals surface area (Å²) >= 11 is 0. The molecule has 1 aliphatic carbocycles. The highest BCUT2D eigenvalue weighted by Gasteiger charge is 2.41. The number of hydrogen-bond acceptors (Lipinski definition) is 3. The minimum absolute atomic E-state index is 0.0537. The summed E-state index contributed by atoms with van der Waals surface area (Å²) in [4.78, 5) is 14.4. The second-order valence-electron chi connectivity index (χ2n) is 5.04. The Morgan fingerprint density at radius 2 is 1.94 bits per heavy atom. The third-order valence-corrected chi connectivity index (χ3v) is 3.94. The van der Waals surface area contributed by atoms with Crippen LogP contribution in [0.5, 0.6) is 0 Å². The zero-order valence-electron chi connectivity index (χ0n) is 11.7. The van der Waals surface area contributed by atoms with E-state index in [2.05, 4.69) is 30.1 Å². The smallest absolute Gasteiger partial charge is 0.240 e. The highest BCUT2D eigenvalue weighted by atomic mass is 16.2. The van der Waals surface area contributed by atoms with Gasteiger partial charge in [0, 0.05) is 6.54 Å². The maximum Gasteiger partial charge on any atom is 0.240 e. The van der Waals surface area contributed by atoms with E-state index in [1.807, 2.05) is 0 Å². The third kappa shape index (κ3) is 3.71. The van der Waals surface area contributed by atoms with Gasteiger partial charge in [-0.25, -0.2) is 0 Å². The summed E-state index contributed by atoms with van der Waals surface area (Å²) in [7, 11) is 0. The number of hydrogen-bond donors (Lipinski definition) is 1. The van der Waals surface area contributed by atoms with E-state index in [0.29, 0.717) is 6.54 Å². The van der Waals surface area contributed by atoms with Crippen molar-refractivity contribution < 1.29 is 4.79 Å². The van der Waals surface area contributed by atoms with Crippen LogP contribution in [0.4, 0.5) is 0 Å². The lowest BCUT2D eigenvalue weighted by molar-refractivity contribution is -0.127. The normalized spacial score (nSPS) is 17.7. The van der Waals surface area contributed by atoms with Crippen molar-refractivity contribution in [3.63, 3.8) is 0 Å². The van der Waals surface area contributed by atoms with Crippen molar-refractivity contribution in [3.05, 3.63) is 0 Å². The van der Waals surface area contributed by atoms with E-state index in [9.17, 15) is 10.1 Å². The number of amides is 1. The maximum absolute atomic E-state index is 12.0. The van der Waals surface area contributed by atoms with Crippen molar-refractivity contribution in [2.45, 2.75) is 46.0 Å². The number of nitriles is 1. The summed E-state index contributed by atoms with van der Waals surface area (Å²) < 4.78 is 0. The topological polar surface area (TPSA) is 56.1 Å². The van der Waals surface area contributed by atoms with Gasteiger partial charge in [0.15, 0.2) is 0 Å². The number of nitrogens with zero attached hydrogens (tertiary/aromatic N) is 2. The molecule has 4 heteroatoms. The molecule has 0 aromatic rings. The average molecular weight is 251 g/mol. The van der Waals surface area contributed by atoms with E-state index in [1.165, 1.54) is 0 Å². The van der Waals surface area contributed by atoms with Crippen LogP contribution in [-0.4, -0.2) is 37.0 Å². The van der Waals surface area contributed by atoms with Crippen LogP contribution < -0.4 is 5.32 Å². The Kier molecular flexibility index (Phi) is 6.14. The molecule has 0 aromatic heterocycles. The van der Waals surface area contributed by atoms with E-state index < -0.39 is 5.41 Å². The molecule has 0 unspecified atom stereocenters. The minimum Gasteiger partial charge on any atom is -0.355 e. The average Bonchev–Trinajstić information content (AvgIpc) is 2.88. The Labute approximate surface area is 110 Å². The first-order valence-corrected chi connectivity index (χ1v) is 7.10. The fraction of sp³-hybridized carbons (Fsp3) is 0.857. The molecule has 1 fully saturated rings. The van der Waals surface area contributed by atoms with Gasteiger partial charge in [-0.05, 0) is 38.9 Å². The van der Waals surface area contributed by atoms with Gasteiger partial charge in [-0.3, -0.25) is 4.79 Å². The monoisotopic (exact) mass is 251 g/mol. The van der Waals surface area contributed by atoms with Gasteiger partial charge in [-0.2, -0.15) is 5.26 Å². The number of carbonyl (C=O) groups is 1. The first-order valence-electron chi connectivity index (χ1n) is 7.10. The molecule has 1 rings (SSSR count). The lowest BCUT2D eigenvalue weighted by atomic mass is 9.87. The zero-order valence-corrected chi connectivity index (χ0v) is 11.7. The molecule has 1 saturated carbocycles. The van der Waals surface area contributed by atoms with Crippen LogP contribution in [0.2, 0.25) is 0 Å². The van der Waals surface area contributed by atoms with E-state index in [0.717, 1.165) is 51.7 Å². The molecule has 18 heavy (non-hydrogen) atoms. The van der Waals surface area contributed by atoms with Crippen LogP contribution >= 0.6 is 0 Å². The molecule has 0 radical (unpaired) electrons. The summed E-state index contributed by atoms with van der Waals surface area (Å²) in [5.74, 6) is -0.0537. The molecular formula is C14H25N3O. The van der Waals surface area contributed by atoms with E-state index in [-0.39, 0.29) is 5.91 Å². The highest BCUT2D eigenvalue weighted by molar-refractivity contribution is 5.85. The summed E-state index contributed by atoms with van der Waals surface area (Å²) in [5.41, 5.74) is -0.727. The minimum atomic E-state index is -0.727. The SMILES string of the molecule is CCN(CC)CCCNC(=O)C1(C#N)CCCC1. The predicted molar refractivity (Wildman–Crippen MR) is 71.9 cm³/mol. The van der Waals surface area contributed by atoms with Gasteiger partial charge in [-0.15, -0.1) is 0 Å². The first-order chi connectivity index (χ1) is 8.68. The lowest BCUT2D eigenvalue weighted by Gasteiger charge is -2.21. The van der Waals surface area contributed by atoms with Crippen LogP contribution in [0.3, 0.4) is 0 Å². The van der Waals surface area contributed by atoms with Crippen molar-refractivity contribution >= 4 is 5.91 Å². The van der Waals surface area contributed by atoms with Gasteiger partial charge in [0.1, 0.15) is 5.41 Å². The van der Waals surface area contributed by atoms with Gasteiger partial charge >= 0.3 is 0 Å². The molecule has 0 aliphatic heterocycles. The Hall–Kier alpha value is -1.08. The van der Waals surface area contributed by atoms with Crippen LogP contribution in [0, 0.1) is 16.7 Å². The van der Waals surface area contributed by atoms with Gasteiger partial charge < -0.3 is 10.2 Å². The molecule has 0 atom stereocenters. The van der Waals surface area contributed by atoms with E-state index in [1.54, 1.807) is 0 Å². The molecule has 102 valence electrons. The molecular weight excluding hydrogens is 226 g/mol. The summed E-state index contributed by atoms with van der Waals surface area (Å²) in [6.45, 7) is 8.07. The molecule has 0 heterocycles. The molecule has 0 saturated heterocycles. The van der Waals surface area contributed by atoms with Gasteiger partial charge in [-0.1, -0.05) is 26.7 Å². The largest absolute Gasteiger partial charge is 0.355 e. The first kappa shape index (κ1) is 15.0. The standard InChI is InChI=1S/C14H25N3O/c1-3-17(4-2)11-7-10-16-13(18)14(12-15)8-5-6-9-14/h3-11H2,1-2H3,(H,16,18). The fourth-order valence-electron chi connectivity index (χ4n) is 2.58. The lowest BCUT2D eigenvalue weighted by Crippen LogP contribution is -2.39. The summed E-state index contributed by atoms with van der Waals surface area (Å²) in [6.07, 6.45) is 4.41. The predicted octanol–water partition coefficient (Wildman–Crippen LogP) is 1.92. The fourth-order valence-corrected chi connectivity index (χ4v) is 2.58. The van der Waals surface area contributed by atoms with Crippen LogP contribution in [0.15, 0.2) is 0 Å². The van der Waals surface area contributed by atoms with Crippen molar-refractivity contribution in [1.29, 1.82) is 5.26 Å². The van der Waals surface area contributed by atoms with Crippen LogP contribution in [-0.2, 0) is 4.79 Å². The van der Waals surface area contributed by atoms with Gasteiger partial charge in [0.05, 0.1) is 6.07 Å². The number of carbonyl (C=O) groups excluding carboxylic acids is 1. The molecule has 1 amide bonds.